The van der Waals surface area contributed by atoms with Gasteiger partial charge >= 0.3 is 0 Å². The SMILES string of the molecule is CC1CN(C(N)=Nc2ccccc2-c2ccccc2)CCO1. The Morgan fingerprint density at radius 1 is 1.14 bits per heavy atom. The number of hydrogen-bond donors (Lipinski definition) is 1. The standard InChI is InChI=1S/C18H21N3O/c1-14-13-21(11-12-22-14)18(19)20-17-10-6-5-9-16(17)15-7-3-2-4-8-15/h2-10,14H,11-13H2,1H3,(H2,19,20). The van der Waals surface area contributed by atoms with Gasteiger partial charge < -0.3 is 15.4 Å². The van der Waals surface area contributed by atoms with Crippen molar-refractivity contribution >= 4 is 11.6 Å². The molecule has 2 aromatic carbocycles. The van der Waals surface area contributed by atoms with Gasteiger partial charge in [-0.25, -0.2) is 4.99 Å². The van der Waals surface area contributed by atoms with Crippen molar-refractivity contribution in [2.45, 2.75) is 13.0 Å². The summed E-state index contributed by atoms with van der Waals surface area (Å²) in [7, 11) is 0. The molecule has 0 bridgehead atoms. The molecule has 0 spiro atoms. The smallest absolute Gasteiger partial charge is 0.196 e. The van der Waals surface area contributed by atoms with E-state index in [1.165, 1.54) is 0 Å². The maximum absolute atomic E-state index is 6.21. The third kappa shape index (κ3) is 3.28. The third-order valence-electron chi connectivity index (χ3n) is 3.79. The predicted octanol–water partition coefficient (Wildman–Crippen LogP) is 3.02. The molecule has 0 amide bonds. The number of rotatable bonds is 2. The number of guanidine groups is 1. The average Bonchev–Trinajstić information content (AvgIpc) is 2.56. The number of aliphatic imine (C=N–C) groups is 1. The van der Waals surface area contributed by atoms with Gasteiger partial charge in [-0.3, -0.25) is 0 Å². The van der Waals surface area contributed by atoms with Crippen LogP contribution < -0.4 is 5.73 Å². The average molecular weight is 295 g/mol. The van der Waals surface area contributed by atoms with E-state index in [0.29, 0.717) is 12.6 Å². The van der Waals surface area contributed by atoms with Crippen LogP contribution in [0.15, 0.2) is 59.6 Å². The monoisotopic (exact) mass is 295 g/mol. The minimum Gasteiger partial charge on any atom is -0.375 e. The van der Waals surface area contributed by atoms with Gasteiger partial charge in [0.05, 0.1) is 18.4 Å². The molecule has 0 radical (unpaired) electrons. The minimum atomic E-state index is 0.187. The van der Waals surface area contributed by atoms with Crippen molar-refractivity contribution in [3.8, 4) is 11.1 Å². The molecule has 2 N–H and O–H groups in total. The van der Waals surface area contributed by atoms with Crippen LogP contribution >= 0.6 is 0 Å². The Morgan fingerprint density at radius 3 is 2.64 bits per heavy atom. The first-order valence-electron chi connectivity index (χ1n) is 7.59. The van der Waals surface area contributed by atoms with Crippen molar-refractivity contribution < 1.29 is 4.74 Å². The topological polar surface area (TPSA) is 50.8 Å². The van der Waals surface area contributed by atoms with Crippen molar-refractivity contribution in [3.05, 3.63) is 54.6 Å². The third-order valence-corrected chi connectivity index (χ3v) is 3.79. The number of para-hydroxylation sites is 1. The summed E-state index contributed by atoms with van der Waals surface area (Å²) in [5.41, 5.74) is 9.34. The predicted molar refractivity (Wildman–Crippen MR) is 90.1 cm³/mol. The lowest BCUT2D eigenvalue weighted by atomic mass is 10.0. The Labute approximate surface area is 131 Å². The van der Waals surface area contributed by atoms with Crippen molar-refractivity contribution in [1.29, 1.82) is 0 Å². The summed E-state index contributed by atoms with van der Waals surface area (Å²) in [5.74, 6) is 0.554. The molecule has 1 saturated heterocycles. The summed E-state index contributed by atoms with van der Waals surface area (Å²) in [6.07, 6.45) is 0.187. The molecule has 3 rings (SSSR count). The Morgan fingerprint density at radius 2 is 1.86 bits per heavy atom. The van der Waals surface area contributed by atoms with Gasteiger partial charge in [0, 0.05) is 18.7 Å². The van der Waals surface area contributed by atoms with Crippen LogP contribution in [-0.4, -0.2) is 36.7 Å². The second kappa shape index (κ2) is 6.62. The van der Waals surface area contributed by atoms with Crippen molar-refractivity contribution in [2.75, 3.05) is 19.7 Å². The number of benzene rings is 2. The maximum atomic E-state index is 6.21. The highest BCUT2D eigenvalue weighted by molar-refractivity contribution is 5.85. The highest BCUT2D eigenvalue weighted by atomic mass is 16.5. The molecule has 22 heavy (non-hydrogen) atoms. The number of morpholine rings is 1. The summed E-state index contributed by atoms with van der Waals surface area (Å²) < 4.78 is 5.55. The molecule has 1 aliphatic heterocycles. The quantitative estimate of drug-likeness (QED) is 0.684. The lowest BCUT2D eigenvalue weighted by Gasteiger charge is -2.31. The van der Waals surface area contributed by atoms with Gasteiger partial charge in [0.2, 0.25) is 0 Å². The molecule has 1 fully saturated rings. The zero-order valence-electron chi connectivity index (χ0n) is 12.8. The molecule has 1 unspecified atom stereocenters. The zero-order valence-corrected chi connectivity index (χ0v) is 12.8. The first-order valence-corrected chi connectivity index (χ1v) is 7.59. The Balaban J connectivity index is 1.90. The molecule has 4 nitrogen and oxygen atoms in total. The van der Waals surface area contributed by atoms with Gasteiger partial charge in [-0.1, -0.05) is 48.5 Å². The number of nitrogens with two attached hydrogens (primary N) is 1. The van der Waals surface area contributed by atoms with Gasteiger partial charge in [-0.2, -0.15) is 0 Å². The summed E-state index contributed by atoms with van der Waals surface area (Å²) in [6, 6.07) is 18.3. The molecule has 0 aromatic heterocycles. The zero-order chi connectivity index (χ0) is 15.4. The Kier molecular flexibility index (Phi) is 4.39. The van der Waals surface area contributed by atoms with Crippen LogP contribution in [0.2, 0.25) is 0 Å². The molecule has 0 saturated carbocycles. The van der Waals surface area contributed by atoms with Crippen LogP contribution in [0.3, 0.4) is 0 Å². The number of hydrogen-bond acceptors (Lipinski definition) is 2. The molecule has 2 aromatic rings. The summed E-state index contributed by atoms with van der Waals surface area (Å²) in [6.45, 7) is 4.31. The van der Waals surface area contributed by atoms with Crippen LogP contribution in [0.1, 0.15) is 6.92 Å². The lowest BCUT2D eigenvalue weighted by Crippen LogP contribution is -2.47. The normalized spacial score (nSPS) is 19.2. The molecule has 1 aliphatic rings. The van der Waals surface area contributed by atoms with E-state index in [0.717, 1.165) is 29.9 Å². The van der Waals surface area contributed by atoms with E-state index in [1.807, 2.05) is 36.4 Å². The van der Waals surface area contributed by atoms with Crippen LogP contribution in [0.4, 0.5) is 5.69 Å². The van der Waals surface area contributed by atoms with Crippen LogP contribution in [-0.2, 0) is 4.74 Å². The summed E-state index contributed by atoms with van der Waals surface area (Å²) in [4.78, 5) is 6.74. The van der Waals surface area contributed by atoms with E-state index in [-0.39, 0.29) is 6.10 Å². The molecular weight excluding hydrogens is 274 g/mol. The van der Waals surface area contributed by atoms with Crippen LogP contribution in [0.25, 0.3) is 11.1 Å². The van der Waals surface area contributed by atoms with Gasteiger partial charge in [-0.15, -0.1) is 0 Å². The second-order valence-corrected chi connectivity index (χ2v) is 5.48. The van der Waals surface area contributed by atoms with Gasteiger partial charge in [-0.05, 0) is 18.6 Å². The highest BCUT2D eigenvalue weighted by Crippen LogP contribution is 2.29. The second-order valence-electron chi connectivity index (χ2n) is 5.48. The molecular formula is C18H21N3O. The molecule has 1 atom stereocenters. The number of nitrogens with zero attached hydrogens (tertiary/aromatic N) is 2. The lowest BCUT2D eigenvalue weighted by molar-refractivity contribution is 0.00540. The van der Waals surface area contributed by atoms with E-state index in [2.05, 4.69) is 35.0 Å². The van der Waals surface area contributed by atoms with Crippen LogP contribution in [0.5, 0.6) is 0 Å². The fourth-order valence-electron chi connectivity index (χ4n) is 2.65. The van der Waals surface area contributed by atoms with Gasteiger partial charge in [0.1, 0.15) is 0 Å². The van der Waals surface area contributed by atoms with Crippen LogP contribution in [0, 0.1) is 0 Å². The first kappa shape index (κ1) is 14.6. The minimum absolute atomic E-state index is 0.187. The Hall–Kier alpha value is -2.33. The van der Waals surface area contributed by atoms with Crippen molar-refractivity contribution in [3.63, 3.8) is 0 Å². The largest absolute Gasteiger partial charge is 0.375 e. The Bertz CT molecular complexity index is 654. The molecule has 114 valence electrons. The molecule has 4 heteroatoms. The first-order chi connectivity index (χ1) is 10.7. The maximum Gasteiger partial charge on any atom is 0.196 e. The van der Waals surface area contributed by atoms with E-state index in [1.54, 1.807) is 0 Å². The fraction of sp³-hybridized carbons (Fsp3) is 0.278. The molecule has 1 heterocycles. The summed E-state index contributed by atoms with van der Waals surface area (Å²) in [5, 5.41) is 0. The highest BCUT2D eigenvalue weighted by Gasteiger charge is 2.18. The summed E-state index contributed by atoms with van der Waals surface area (Å²) >= 11 is 0. The van der Waals surface area contributed by atoms with E-state index in [4.69, 9.17) is 10.5 Å². The molecule has 0 aliphatic carbocycles. The van der Waals surface area contributed by atoms with E-state index >= 15 is 0 Å². The number of ether oxygens (including phenoxy) is 1. The van der Waals surface area contributed by atoms with Crippen molar-refractivity contribution in [2.24, 2.45) is 10.7 Å². The van der Waals surface area contributed by atoms with Crippen molar-refractivity contribution in [1.82, 2.24) is 4.90 Å². The fourth-order valence-corrected chi connectivity index (χ4v) is 2.65. The van der Waals surface area contributed by atoms with Gasteiger partial charge in [0.15, 0.2) is 5.96 Å². The van der Waals surface area contributed by atoms with E-state index < -0.39 is 0 Å². The van der Waals surface area contributed by atoms with E-state index in [9.17, 15) is 0 Å². The van der Waals surface area contributed by atoms with Gasteiger partial charge in [0.25, 0.3) is 0 Å².